The number of ether oxygens (including phenoxy) is 1. The largest absolute Gasteiger partial charge is 0.394 e. The molecule has 1 fully saturated rings. The van der Waals surface area contributed by atoms with E-state index in [9.17, 15) is 15.3 Å². The van der Waals surface area contributed by atoms with Crippen molar-refractivity contribution in [2.45, 2.75) is 55.5 Å². The highest BCUT2D eigenvalue weighted by atomic mass is 32.2. The number of aliphatic hydroxyl groups is 4. The predicted molar refractivity (Wildman–Crippen MR) is 70.3 cm³/mol. The second-order valence-corrected chi connectivity index (χ2v) is 5.74. The maximum atomic E-state index is 9.78. The number of rotatable bonds is 7. The minimum atomic E-state index is -1.30. The SMILES string of the molecule is N#CCCCCCS[C@H]1O[C@H](CO)[C@@H](O)[C@H](O)[C@@H]1O. The van der Waals surface area contributed by atoms with Gasteiger partial charge in [0.25, 0.3) is 0 Å². The standard InChI is InChI=1S/C12H21NO5S/c13-5-3-1-2-4-6-19-12-11(17)10(16)9(15)8(7-14)18-12/h8-12,14-17H,1-4,6-7H2/t8-,9-,10+,11+,12-/m1/s1. The Morgan fingerprint density at radius 2 is 1.79 bits per heavy atom. The van der Waals surface area contributed by atoms with Crippen LogP contribution in [0.15, 0.2) is 0 Å². The first-order valence-corrected chi connectivity index (χ1v) is 7.45. The minimum Gasteiger partial charge on any atom is -0.394 e. The Morgan fingerprint density at radius 1 is 1.05 bits per heavy atom. The lowest BCUT2D eigenvalue weighted by atomic mass is 10.0. The van der Waals surface area contributed by atoms with Gasteiger partial charge in [-0.2, -0.15) is 5.26 Å². The van der Waals surface area contributed by atoms with E-state index in [0.717, 1.165) is 25.0 Å². The molecule has 110 valence electrons. The van der Waals surface area contributed by atoms with Gasteiger partial charge in [-0.3, -0.25) is 0 Å². The zero-order valence-electron chi connectivity index (χ0n) is 10.7. The molecular weight excluding hydrogens is 270 g/mol. The van der Waals surface area contributed by atoms with Crippen LogP contribution in [0.3, 0.4) is 0 Å². The lowest BCUT2D eigenvalue weighted by Gasteiger charge is -2.39. The number of hydrogen-bond donors (Lipinski definition) is 4. The Kier molecular flexibility index (Phi) is 7.68. The van der Waals surface area contributed by atoms with Crippen LogP contribution in [0.25, 0.3) is 0 Å². The fourth-order valence-electron chi connectivity index (χ4n) is 1.89. The van der Waals surface area contributed by atoms with E-state index in [2.05, 4.69) is 6.07 Å². The molecule has 19 heavy (non-hydrogen) atoms. The van der Waals surface area contributed by atoms with Crippen molar-refractivity contribution in [2.24, 2.45) is 0 Å². The lowest BCUT2D eigenvalue weighted by molar-refractivity contribution is -0.205. The van der Waals surface area contributed by atoms with Crippen LogP contribution in [-0.4, -0.2) is 62.6 Å². The van der Waals surface area contributed by atoms with E-state index in [4.69, 9.17) is 15.1 Å². The topological polar surface area (TPSA) is 114 Å². The maximum absolute atomic E-state index is 9.78. The second-order valence-electron chi connectivity index (χ2n) is 4.54. The van der Waals surface area contributed by atoms with Crippen molar-refractivity contribution >= 4 is 11.8 Å². The molecule has 0 aromatic rings. The molecule has 0 aliphatic carbocycles. The zero-order valence-corrected chi connectivity index (χ0v) is 11.5. The van der Waals surface area contributed by atoms with Crippen LogP contribution in [-0.2, 0) is 4.74 Å². The first kappa shape index (κ1) is 16.7. The van der Waals surface area contributed by atoms with Gasteiger partial charge in [0.15, 0.2) is 0 Å². The summed E-state index contributed by atoms with van der Waals surface area (Å²) in [7, 11) is 0. The van der Waals surface area contributed by atoms with Gasteiger partial charge in [-0.1, -0.05) is 6.42 Å². The van der Waals surface area contributed by atoms with E-state index in [0.29, 0.717) is 6.42 Å². The van der Waals surface area contributed by atoms with Crippen LogP contribution in [0.4, 0.5) is 0 Å². The summed E-state index contributed by atoms with van der Waals surface area (Å²) in [5, 5.41) is 46.4. The van der Waals surface area contributed by atoms with Gasteiger partial charge in [0, 0.05) is 6.42 Å². The predicted octanol–water partition coefficient (Wildman–Crippen LogP) is -0.397. The highest BCUT2D eigenvalue weighted by Gasteiger charge is 2.43. The second kappa shape index (κ2) is 8.74. The van der Waals surface area contributed by atoms with Gasteiger partial charge in [0.2, 0.25) is 0 Å². The Morgan fingerprint density at radius 3 is 2.42 bits per heavy atom. The molecule has 5 atom stereocenters. The molecule has 1 aliphatic rings. The van der Waals surface area contributed by atoms with Gasteiger partial charge in [0.05, 0.1) is 12.7 Å². The van der Waals surface area contributed by atoms with Gasteiger partial charge in [0.1, 0.15) is 29.9 Å². The van der Waals surface area contributed by atoms with E-state index >= 15 is 0 Å². The Bertz CT molecular complexity index is 296. The molecule has 0 spiro atoms. The average molecular weight is 291 g/mol. The van der Waals surface area contributed by atoms with E-state index in [-0.39, 0.29) is 0 Å². The summed E-state index contributed by atoms with van der Waals surface area (Å²) in [5.74, 6) is 0.730. The molecule has 0 amide bonds. The minimum absolute atomic E-state index is 0.399. The normalized spacial score (nSPS) is 35.0. The van der Waals surface area contributed by atoms with Crippen LogP contribution >= 0.6 is 11.8 Å². The van der Waals surface area contributed by atoms with Crippen LogP contribution in [0, 0.1) is 11.3 Å². The third-order valence-corrected chi connectivity index (χ3v) is 4.31. The Labute approximate surface area is 117 Å². The molecule has 4 N–H and O–H groups in total. The number of aliphatic hydroxyl groups excluding tert-OH is 4. The van der Waals surface area contributed by atoms with Gasteiger partial charge in [-0.05, 0) is 18.6 Å². The molecule has 0 radical (unpaired) electrons. The van der Waals surface area contributed by atoms with Gasteiger partial charge < -0.3 is 25.2 Å². The maximum Gasteiger partial charge on any atom is 0.132 e. The summed E-state index contributed by atoms with van der Waals surface area (Å²) in [6, 6.07) is 2.08. The van der Waals surface area contributed by atoms with Gasteiger partial charge in [-0.25, -0.2) is 0 Å². The fraction of sp³-hybridized carbons (Fsp3) is 0.917. The zero-order chi connectivity index (χ0) is 14.3. The molecule has 0 aromatic heterocycles. The van der Waals surface area contributed by atoms with E-state index in [1.165, 1.54) is 11.8 Å². The summed E-state index contributed by atoms with van der Waals surface area (Å²) < 4.78 is 5.36. The molecule has 6 nitrogen and oxygen atoms in total. The Balaban J connectivity index is 2.30. The molecule has 1 rings (SSSR count). The summed E-state index contributed by atoms with van der Waals surface area (Å²) in [6.07, 6.45) is -1.39. The smallest absolute Gasteiger partial charge is 0.132 e. The van der Waals surface area contributed by atoms with Crippen LogP contribution < -0.4 is 0 Å². The number of hydrogen-bond acceptors (Lipinski definition) is 7. The van der Waals surface area contributed by atoms with E-state index in [1.807, 2.05) is 0 Å². The molecule has 0 saturated carbocycles. The Hall–Kier alpha value is -0.360. The lowest BCUT2D eigenvalue weighted by Crippen LogP contribution is -2.57. The van der Waals surface area contributed by atoms with Crippen molar-refractivity contribution < 1.29 is 25.2 Å². The van der Waals surface area contributed by atoms with Crippen molar-refractivity contribution in [3.8, 4) is 6.07 Å². The van der Waals surface area contributed by atoms with Gasteiger partial charge >= 0.3 is 0 Å². The molecule has 1 heterocycles. The highest BCUT2D eigenvalue weighted by Crippen LogP contribution is 2.29. The number of nitrogens with zero attached hydrogens (tertiary/aromatic N) is 1. The first-order valence-electron chi connectivity index (χ1n) is 6.41. The fourth-order valence-corrected chi connectivity index (χ4v) is 3.07. The van der Waals surface area contributed by atoms with Crippen molar-refractivity contribution in [1.29, 1.82) is 5.26 Å². The highest BCUT2D eigenvalue weighted by molar-refractivity contribution is 7.99. The van der Waals surface area contributed by atoms with E-state index < -0.39 is 36.5 Å². The number of thioether (sulfide) groups is 1. The number of nitriles is 1. The van der Waals surface area contributed by atoms with Crippen LogP contribution in [0.1, 0.15) is 25.7 Å². The molecule has 0 unspecified atom stereocenters. The van der Waals surface area contributed by atoms with Crippen LogP contribution in [0.5, 0.6) is 0 Å². The first-order chi connectivity index (χ1) is 9.11. The van der Waals surface area contributed by atoms with E-state index in [1.54, 1.807) is 0 Å². The molecular formula is C12H21NO5S. The molecule has 0 bridgehead atoms. The molecule has 1 aliphatic heterocycles. The summed E-state index contributed by atoms with van der Waals surface area (Å²) in [5.41, 5.74) is -0.647. The summed E-state index contributed by atoms with van der Waals surface area (Å²) >= 11 is 1.35. The van der Waals surface area contributed by atoms with Crippen molar-refractivity contribution in [2.75, 3.05) is 12.4 Å². The molecule has 1 saturated heterocycles. The third kappa shape index (κ3) is 4.91. The van der Waals surface area contributed by atoms with Crippen LogP contribution in [0.2, 0.25) is 0 Å². The van der Waals surface area contributed by atoms with Crippen molar-refractivity contribution in [3.63, 3.8) is 0 Å². The summed E-state index contributed by atoms with van der Waals surface area (Å²) in [6.45, 7) is -0.399. The molecule has 7 heteroatoms. The van der Waals surface area contributed by atoms with Crippen molar-refractivity contribution in [3.05, 3.63) is 0 Å². The molecule has 0 aromatic carbocycles. The van der Waals surface area contributed by atoms with Gasteiger partial charge in [-0.15, -0.1) is 11.8 Å². The third-order valence-electron chi connectivity index (χ3n) is 3.06. The average Bonchev–Trinajstić information content (AvgIpc) is 2.42. The van der Waals surface area contributed by atoms with Crippen molar-refractivity contribution in [1.82, 2.24) is 0 Å². The monoisotopic (exact) mass is 291 g/mol. The summed E-state index contributed by atoms with van der Waals surface area (Å²) in [4.78, 5) is 0. The number of unbranched alkanes of at least 4 members (excludes halogenated alkanes) is 3. The quantitative estimate of drug-likeness (QED) is 0.472.